The number of aromatic nitrogens is 4. The topological polar surface area (TPSA) is 90.5 Å². The summed E-state index contributed by atoms with van der Waals surface area (Å²) in [5.74, 6) is 0.345. The van der Waals surface area contributed by atoms with E-state index in [2.05, 4.69) is 21.5 Å². The zero-order valence-electron chi connectivity index (χ0n) is 16.8. The lowest BCUT2D eigenvalue weighted by atomic mass is 10.1. The van der Waals surface area contributed by atoms with Gasteiger partial charge in [0.15, 0.2) is 6.04 Å². The first-order valence-corrected chi connectivity index (χ1v) is 9.35. The fourth-order valence-corrected chi connectivity index (χ4v) is 3.29. The third-order valence-corrected chi connectivity index (χ3v) is 4.44. The van der Waals surface area contributed by atoms with Crippen LogP contribution in [0.25, 0.3) is 5.78 Å². The quantitative estimate of drug-likeness (QED) is 0.658. The van der Waals surface area contributed by atoms with E-state index < -0.39 is 17.7 Å². The van der Waals surface area contributed by atoms with E-state index >= 15 is 0 Å². The molecule has 0 spiro atoms. The Kier molecular flexibility index (Phi) is 5.48. The van der Waals surface area contributed by atoms with Gasteiger partial charge in [-0.2, -0.15) is 9.67 Å². The average molecular weight is 383 g/mol. The van der Waals surface area contributed by atoms with E-state index in [0.29, 0.717) is 17.9 Å². The Hall–Kier alpha value is -3.16. The van der Waals surface area contributed by atoms with Crippen LogP contribution in [0.4, 0.5) is 11.5 Å². The number of carbonyl (C=O) groups excluding carboxylic acids is 1. The highest BCUT2D eigenvalue weighted by atomic mass is 16.5. The van der Waals surface area contributed by atoms with Gasteiger partial charge in [-0.1, -0.05) is 13.0 Å². The number of fused-ring (bicyclic) bond motifs is 1. The summed E-state index contributed by atoms with van der Waals surface area (Å²) in [6, 6.07) is 7.14. The van der Waals surface area contributed by atoms with Gasteiger partial charge in [0.25, 0.3) is 5.78 Å². The smallest absolute Gasteiger partial charge is 0.352 e. The van der Waals surface area contributed by atoms with Crippen LogP contribution in [0.5, 0.6) is 0 Å². The Balaban J connectivity index is 2.03. The number of benzene rings is 1. The molecule has 0 saturated carbocycles. The minimum Gasteiger partial charge on any atom is -0.464 e. The van der Waals surface area contributed by atoms with Crippen LogP contribution in [0.1, 0.15) is 43.1 Å². The average Bonchev–Trinajstić information content (AvgIpc) is 2.92. The molecule has 0 radical (unpaired) electrons. The number of hydrogen-bond acceptors (Lipinski definition) is 6. The van der Waals surface area contributed by atoms with E-state index in [0.717, 1.165) is 21.5 Å². The predicted molar refractivity (Wildman–Crippen MR) is 107 cm³/mol. The number of esters is 1. The van der Waals surface area contributed by atoms with Crippen LogP contribution < -0.4 is 11.0 Å². The van der Waals surface area contributed by atoms with Crippen LogP contribution in [0.2, 0.25) is 0 Å². The van der Waals surface area contributed by atoms with Crippen molar-refractivity contribution in [2.75, 3.05) is 11.9 Å². The molecule has 0 saturated heterocycles. The Morgan fingerprint density at radius 2 is 1.82 bits per heavy atom. The lowest BCUT2D eigenvalue weighted by molar-refractivity contribution is -0.147. The van der Waals surface area contributed by atoms with E-state index in [4.69, 9.17) is 4.74 Å². The summed E-state index contributed by atoms with van der Waals surface area (Å²) in [6.07, 6.45) is 0.398. The highest BCUT2D eigenvalue weighted by Crippen LogP contribution is 2.20. The van der Waals surface area contributed by atoms with Crippen molar-refractivity contribution in [3.63, 3.8) is 0 Å². The minimum atomic E-state index is -0.774. The summed E-state index contributed by atoms with van der Waals surface area (Å²) in [5, 5.41) is 7.57. The summed E-state index contributed by atoms with van der Waals surface area (Å²) < 4.78 is 7.63. The molecule has 0 amide bonds. The Bertz CT molecular complexity index is 1060. The second-order valence-corrected chi connectivity index (χ2v) is 6.82. The maximum atomic E-state index is 12.8. The third kappa shape index (κ3) is 3.76. The fourth-order valence-electron chi connectivity index (χ4n) is 3.29. The van der Waals surface area contributed by atoms with Gasteiger partial charge in [-0.05, 0) is 57.4 Å². The molecule has 3 rings (SSSR count). The maximum Gasteiger partial charge on any atom is 0.352 e. The second-order valence-electron chi connectivity index (χ2n) is 6.82. The van der Waals surface area contributed by atoms with Gasteiger partial charge in [0, 0.05) is 17.4 Å². The Morgan fingerprint density at radius 1 is 1.14 bits per heavy atom. The van der Waals surface area contributed by atoms with Crippen LogP contribution in [-0.2, 0) is 9.53 Å². The molecule has 28 heavy (non-hydrogen) atoms. The summed E-state index contributed by atoms with van der Waals surface area (Å²) in [7, 11) is 0. The number of nitrogens with one attached hydrogen (secondary N) is 1. The molecular formula is C20H25N5O3. The zero-order chi connectivity index (χ0) is 20.4. The highest BCUT2D eigenvalue weighted by Gasteiger charge is 2.25. The molecule has 148 valence electrons. The standard InChI is InChI=1S/C20H25N5O3/c1-6-16(18(26)28-7-2)25-20(27)24-14(5)11-17(22-19(24)23-25)21-15-9-12(3)8-13(4)10-15/h8-11,16H,6-7H2,1-5H3,(H,21,22,23)/t16-/m1/s1. The minimum absolute atomic E-state index is 0.236. The van der Waals surface area contributed by atoms with Crippen molar-refractivity contribution in [3.8, 4) is 0 Å². The van der Waals surface area contributed by atoms with Crippen molar-refractivity contribution in [3.05, 3.63) is 51.6 Å². The van der Waals surface area contributed by atoms with Crippen molar-refractivity contribution in [1.29, 1.82) is 0 Å². The number of carbonyl (C=O) groups is 1. The highest BCUT2D eigenvalue weighted by molar-refractivity contribution is 5.74. The lowest BCUT2D eigenvalue weighted by Gasteiger charge is -2.11. The van der Waals surface area contributed by atoms with E-state index in [9.17, 15) is 9.59 Å². The van der Waals surface area contributed by atoms with Gasteiger partial charge >= 0.3 is 11.7 Å². The molecule has 0 bridgehead atoms. The van der Waals surface area contributed by atoms with Gasteiger partial charge < -0.3 is 10.1 Å². The molecule has 1 N–H and O–H groups in total. The summed E-state index contributed by atoms with van der Waals surface area (Å²) in [5.41, 5.74) is 3.46. The maximum absolute atomic E-state index is 12.8. The molecule has 8 nitrogen and oxygen atoms in total. The predicted octanol–water partition coefficient (Wildman–Crippen LogP) is 3.07. The molecule has 0 aliphatic carbocycles. The Labute approximate surface area is 163 Å². The number of nitrogens with zero attached hydrogens (tertiary/aromatic N) is 4. The number of hydrogen-bond donors (Lipinski definition) is 1. The normalized spacial score (nSPS) is 12.2. The van der Waals surface area contributed by atoms with Crippen molar-refractivity contribution in [2.45, 2.75) is 47.1 Å². The van der Waals surface area contributed by atoms with Crippen LogP contribution in [0.15, 0.2) is 29.1 Å². The third-order valence-electron chi connectivity index (χ3n) is 4.44. The second kappa shape index (κ2) is 7.84. The van der Waals surface area contributed by atoms with Gasteiger partial charge in [-0.25, -0.2) is 14.0 Å². The largest absolute Gasteiger partial charge is 0.464 e. The molecule has 3 aromatic rings. The number of ether oxygens (including phenoxy) is 1. The monoisotopic (exact) mass is 383 g/mol. The van der Waals surface area contributed by atoms with E-state index in [-0.39, 0.29) is 12.4 Å². The molecule has 1 aromatic carbocycles. The van der Waals surface area contributed by atoms with Crippen LogP contribution in [0.3, 0.4) is 0 Å². The van der Waals surface area contributed by atoms with Crippen LogP contribution in [0, 0.1) is 20.8 Å². The first kappa shape index (κ1) is 19.6. The van der Waals surface area contributed by atoms with Gasteiger partial charge in [0.1, 0.15) is 5.82 Å². The summed E-state index contributed by atoms with van der Waals surface area (Å²) in [4.78, 5) is 29.5. The van der Waals surface area contributed by atoms with Gasteiger partial charge in [0.05, 0.1) is 6.61 Å². The first-order valence-electron chi connectivity index (χ1n) is 9.35. The van der Waals surface area contributed by atoms with Crippen LogP contribution in [-0.4, -0.2) is 31.7 Å². The lowest BCUT2D eigenvalue weighted by Crippen LogP contribution is -2.31. The van der Waals surface area contributed by atoms with Crippen LogP contribution >= 0.6 is 0 Å². The molecule has 8 heteroatoms. The van der Waals surface area contributed by atoms with Gasteiger partial charge in [-0.15, -0.1) is 5.10 Å². The molecule has 2 aromatic heterocycles. The first-order chi connectivity index (χ1) is 13.3. The number of anilines is 2. The van der Waals surface area contributed by atoms with Crippen molar-refractivity contribution in [1.82, 2.24) is 19.2 Å². The number of rotatable bonds is 6. The SMILES string of the molecule is CCOC(=O)[C@@H](CC)n1nc2nc(Nc3cc(C)cc(C)c3)cc(C)n2c1=O. The van der Waals surface area contributed by atoms with E-state index in [1.807, 2.05) is 32.9 Å². The summed E-state index contributed by atoms with van der Waals surface area (Å²) in [6.45, 7) is 9.65. The molecule has 0 unspecified atom stereocenters. The van der Waals surface area contributed by atoms with Crippen molar-refractivity contribution >= 4 is 23.3 Å². The van der Waals surface area contributed by atoms with Gasteiger partial charge in [0.2, 0.25) is 0 Å². The molecule has 0 aliphatic heterocycles. The number of aryl methyl sites for hydroxylation is 3. The molecule has 1 atom stereocenters. The zero-order valence-corrected chi connectivity index (χ0v) is 16.8. The molecule has 0 fully saturated rings. The van der Waals surface area contributed by atoms with E-state index in [1.165, 1.54) is 4.40 Å². The molecular weight excluding hydrogens is 358 g/mol. The van der Waals surface area contributed by atoms with Crippen molar-refractivity contribution < 1.29 is 9.53 Å². The Morgan fingerprint density at radius 3 is 2.43 bits per heavy atom. The molecule has 2 heterocycles. The van der Waals surface area contributed by atoms with E-state index in [1.54, 1.807) is 19.9 Å². The fraction of sp³-hybridized carbons (Fsp3) is 0.400. The van der Waals surface area contributed by atoms with Gasteiger partial charge in [-0.3, -0.25) is 0 Å². The summed E-state index contributed by atoms with van der Waals surface area (Å²) >= 11 is 0. The van der Waals surface area contributed by atoms with Crippen molar-refractivity contribution in [2.24, 2.45) is 0 Å². The molecule has 0 aliphatic rings.